The molecule has 21 heavy (non-hydrogen) atoms. The van der Waals surface area contributed by atoms with E-state index in [-0.39, 0.29) is 0 Å². The highest BCUT2D eigenvalue weighted by Crippen LogP contribution is 2.19. The fourth-order valence-corrected chi connectivity index (χ4v) is 2.24. The lowest BCUT2D eigenvalue weighted by molar-refractivity contribution is 1.22. The number of para-hydroxylation sites is 2. The van der Waals surface area contributed by atoms with E-state index in [0.717, 1.165) is 16.6 Å². The molecular weight excluding hydrogens is 307 g/mol. The zero-order chi connectivity index (χ0) is 14.7. The summed E-state index contributed by atoms with van der Waals surface area (Å²) in [6.07, 6.45) is 3.23. The maximum atomic E-state index is 6.06. The summed E-state index contributed by atoms with van der Waals surface area (Å²) >= 11 is 11.9. The van der Waals surface area contributed by atoms with Crippen LogP contribution in [0.5, 0.6) is 0 Å². The van der Waals surface area contributed by atoms with Crippen LogP contribution in [0.25, 0.3) is 11.0 Å². The molecule has 0 amide bonds. The minimum absolute atomic E-state index is 0.539. The van der Waals surface area contributed by atoms with E-state index in [9.17, 15) is 0 Å². The molecule has 0 aliphatic rings. The molecule has 0 aliphatic carbocycles. The van der Waals surface area contributed by atoms with Gasteiger partial charge >= 0.3 is 0 Å². The summed E-state index contributed by atoms with van der Waals surface area (Å²) in [5.41, 5.74) is 5.25. The Morgan fingerprint density at radius 1 is 1.05 bits per heavy atom. The van der Waals surface area contributed by atoms with Gasteiger partial charge in [0.15, 0.2) is 5.82 Å². The Bertz CT molecular complexity index is 818. The van der Waals surface area contributed by atoms with Gasteiger partial charge in [0.05, 0.1) is 28.5 Å². The van der Waals surface area contributed by atoms with E-state index in [4.69, 9.17) is 23.2 Å². The molecule has 0 saturated heterocycles. The van der Waals surface area contributed by atoms with Gasteiger partial charge < -0.3 is 0 Å². The van der Waals surface area contributed by atoms with Crippen LogP contribution in [0.15, 0.2) is 53.8 Å². The van der Waals surface area contributed by atoms with Crippen LogP contribution < -0.4 is 5.43 Å². The number of rotatable bonds is 3. The Morgan fingerprint density at radius 2 is 1.86 bits per heavy atom. The van der Waals surface area contributed by atoms with Crippen LogP contribution in [0.3, 0.4) is 0 Å². The number of hydrogen-bond donors (Lipinski definition) is 1. The maximum Gasteiger partial charge on any atom is 0.165 e. The molecule has 3 aromatic rings. The number of hydrogen-bond acceptors (Lipinski definition) is 4. The first-order valence-electron chi connectivity index (χ1n) is 6.18. The second-order valence-corrected chi connectivity index (χ2v) is 5.12. The van der Waals surface area contributed by atoms with Gasteiger partial charge in [0.1, 0.15) is 0 Å². The first-order chi connectivity index (χ1) is 10.2. The lowest BCUT2D eigenvalue weighted by Crippen LogP contribution is -1.95. The zero-order valence-corrected chi connectivity index (χ0v) is 12.3. The van der Waals surface area contributed by atoms with Crippen molar-refractivity contribution < 1.29 is 0 Å². The van der Waals surface area contributed by atoms with E-state index < -0.39 is 0 Å². The SMILES string of the molecule is Clc1ccc(/C=N/Nc2cnc3ccccc3n2)c(Cl)c1. The molecule has 0 bridgehead atoms. The van der Waals surface area contributed by atoms with Crippen LogP contribution in [0, 0.1) is 0 Å². The molecule has 0 spiro atoms. The molecule has 0 aliphatic heterocycles. The molecule has 0 radical (unpaired) electrons. The zero-order valence-electron chi connectivity index (χ0n) is 10.8. The van der Waals surface area contributed by atoms with Crippen molar-refractivity contribution in [2.24, 2.45) is 5.10 Å². The van der Waals surface area contributed by atoms with E-state index >= 15 is 0 Å². The predicted octanol–water partition coefficient (Wildman–Crippen LogP) is 4.38. The van der Waals surface area contributed by atoms with Crippen molar-refractivity contribution in [3.8, 4) is 0 Å². The highest BCUT2D eigenvalue weighted by atomic mass is 35.5. The van der Waals surface area contributed by atoms with Gasteiger partial charge in [-0.25, -0.2) is 4.98 Å². The van der Waals surface area contributed by atoms with Gasteiger partial charge in [0.2, 0.25) is 0 Å². The minimum atomic E-state index is 0.539. The van der Waals surface area contributed by atoms with E-state index in [1.165, 1.54) is 0 Å². The number of nitrogens with zero attached hydrogens (tertiary/aromatic N) is 3. The molecule has 0 unspecified atom stereocenters. The van der Waals surface area contributed by atoms with E-state index in [1.807, 2.05) is 24.3 Å². The van der Waals surface area contributed by atoms with Gasteiger partial charge in [0, 0.05) is 10.6 Å². The molecule has 1 aromatic heterocycles. The largest absolute Gasteiger partial charge is 0.260 e. The quantitative estimate of drug-likeness (QED) is 0.576. The predicted molar refractivity (Wildman–Crippen MR) is 87.2 cm³/mol. The third-order valence-corrected chi connectivity index (χ3v) is 3.36. The minimum Gasteiger partial charge on any atom is -0.260 e. The fraction of sp³-hybridized carbons (Fsp3) is 0. The van der Waals surface area contributed by atoms with Gasteiger partial charge in [-0.15, -0.1) is 0 Å². The first-order valence-corrected chi connectivity index (χ1v) is 6.94. The molecule has 6 heteroatoms. The van der Waals surface area contributed by atoms with Crippen LogP contribution in [0.4, 0.5) is 5.82 Å². The lowest BCUT2D eigenvalue weighted by Gasteiger charge is -2.01. The normalized spacial score (nSPS) is 11.1. The third-order valence-electron chi connectivity index (χ3n) is 2.79. The smallest absolute Gasteiger partial charge is 0.165 e. The van der Waals surface area contributed by atoms with Crippen molar-refractivity contribution in [2.45, 2.75) is 0 Å². The molecule has 0 fully saturated rings. The number of benzene rings is 2. The van der Waals surface area contributed by atoms with Crippen molar-refractivity contribution in [3.05, 3.63) is 64.3 Å². The first kappa shape index (κ1) is 13.8. The molecule has 1 heterocycles. The summed E-state index contributed by atoms with van der Waals surface area (Å²) < 4.78 is 0. The van der Waals surface area contributed by atoms with Gasteiger partial charge in [0.25, 0.3) is 0 Å². The Morgan fingerprint density at radius 3 is 2.67 bits per heavy atom. The molecule has 1 N–H and O–H groups in total. The number of nitrogens with one attached hydrogen (secondary N) is 1. The Balaban J connectivity index is 1.77. The Labute approximate surface area is 131 Å². The monoisotopic (exact) mass is 316 g/mol. The average molecular weight is 317 g/mol. The van der Waals surface area contributed by atoms with Crippen molar-refractivity contribution >= 4 is 46.3 Å². The van der Waals surface area contributed by atoms with E-state index in [0.29, 0.717) is 15.9 Å². The number of halogens is 2. The molecule has 0 atom stereocenters. The maximum absolute atomic E-state index is 6.06. The van der Waals surface area contributed by atoms with Gasteiger partial charge in [-0.3, -0.25) is 10.4 Å². The standard InChI is InChI=1S/C15H10Cl2N4/c16-11-6-5-10(12(17)7-11)8-19-21-15-9-18-13-3-1-2-4-14(13)20-15/h1-9H,(H,20,21)/b19-8+. The lowest BCUT2D eigenvalue weighted by atomic mass is 10.2. The molecule has 4 nitrogen and oxygen atoms in total. The number of anilines is 1. The summed E-state index contributed by atoms with van der Waals surface area (Å²) in [6.45, 7) is 0. The molecule has 104 valence electrons. The van der Waals surface area contributed by atoms with Crippen molar-refractivity contribution in [1.29, 1.82) is 0 Å². The van der Waals surface area contributed by atoms with E-state index in [2.05, 4.69) is 20.5 Å². The van der Waals surface area contributed by atoms with Crippen LogP contribution in [0.1, 0.15) is 5.56 Å². The molecule has 2 aromatic carbocycles. The second-order valence-electron chi connectivity index (χ2n) is 4.28. The highest BCUT2D eigenvalue weighted by Gasteiger charge is 1.99. The van der Waals surface area contributed by atoms with Crippen molar-refractivity contribution in [2.75, 3.05) is 5.43 Å². The van der Waals surface area contributed by atoms with Crippen LogP contribution in [-0.4, -0.2) is 16.2 Å². The Kier molecular flexibility index (Phi) is 3.99. The number of fused-ring (bicyclic) bond motifs is 1. The second kappa shape index (κ2) is 6.08. The van der Waals surface area contributed by atoms with Gasteiger partial charge in [-0.2, -0.15) is 5.10 Å². The molecule has 0 saturated carbocycles. The summed E-state index contributed by atoms with van der Waals surface area (Å²) in [6, 6.07) is 12.9. The Hall–Kier alpha value is -2.17. The van der Waals surface area contributed by atoms with E-state index in [1.54, 1.807) is 30.6 Å². The van der Waals surface area contributed by atoms with Crippen LogP contribution in [-0.2, 0) is 0 Å². The molecular formula is C15H10Cl2N4. The summed E-state index contributed by atoms with van der Waals surface area (Å²) in [7, 11) is 0. The van der Waals surface area contributed by atoms with Crippen LogP contribution >= 0.6 is 23.2 Å². The number of aromatic nitrogens is 2. The van der Waals surface area contributed by atoms with Crippen molar-refractivity contribution in [3.63, 3.8) is 0 Å². The van der Waals surface area contributed by atoms with Crippen LogP contribution in [0.2, 0.25) is 10.0 Å². The average Bonchev–Trinajstić information content (AvgIpc) is 2.49. The van der Waals surface area contributed by atoms with Gasteiger partial charge in [-0.05, 0) is 24.3 Å². The summed E-state index contributed by atoms with van der Waals surface area (Å²) in [5, 5.41) is 5.23. The van der Waals surface area contributed by atoms with Gasteiger partial charge in [-0.1, -0.05) is 41.4 Å². The highest BCUT2D eigenvalue weighted by molar-refractivity contribution is 6.36. The fourth-order valence-electron chi connectivity index (χ4n) is 1.79. The topological polar surface area (TPSA) is 50.2 Å². The van der Waals surface area contributed by atoms with Crippen molar-refractivity contribution in [1.82, 2.24) is 9.97 Å². The number of hydrazone groups is 1. The summed E-state index contributed by atoms with van der Waals surface area (Å²) in [5.74, 6) is 0.565. The third kappa shape index (κ3) is 3.29. The summed E-state index contributed by atoms with van der Waals surface area (Å²) in [4.78, 5) is 8.70. The molecule has 3 rings (SSSR count).